The number of carbonyl (C=O) groups excluding carboxylic acids is 2. The second-order valence-corrected chi connectivity index (χ2v) is 8.70. The van der Waals surface area contributed by atoms with Gasteiger partial charge in [-0.25, -0.2) is 8.78 Å². The SMILES string of the molecule is CCNC(=O)c1cc(NC(=O)[C@H]2[C@H](c3ccc(F)c(Cl)c3)C2(Cl)Cl)cc(F)c1Cl. The minimum absolute atomic E-state index is 0.0186. The molecule has 2 aromatic carbocycles. The summed E-state index contributed by atoms with van der Waals surface area (Å²) in [5, 5.41) is 4.53. The van der Waals surface area contributed by atoms with Crippen molar-refractivity contribution >= 4 is 63.9 Å². The monoisotopic (exact) mass is 480 g/mol. The Bertz CT molecular complexity index is 1000. The number of amides is 2. The van der Waals surface area contributed by atoms with E-state index in [-0.39, 0.29) is 21.3 Å². The molecule has 0 heterocycles. The summed E-state index contributed by atoms with van der Waals surface area (Å²) in [5.41, 5.74) is 0.390. The molecule has 4 nitrogen and oxygen atoms in total. The van der Waals surface area contributed by atoms with E-state index in [4.69, 9.17) is 46.4 Å². The Morgan fingerprint density at radius 1 is 1.10 bits per heavy atom. The molecule has 2 atom stereocenters. The second kappa shape index (κ2) is 8.26. The molecule has 2 N–H and O–H groups in total. The molecular weight excluding hydrogens is 468 g/mol. The van der Waals surface area contributed by atoms with Crippen LogP contribution in [0.4, 0.5) is 14.5 Å². The van der Waals surface area contributed by atoms with Gasteiger partial charge in [0.25, 0.3) is 5.91 Å². The average molecular weight is 482 g/mol. The maximum absolute atomic E-state index is 14.1. The zero-order valence-electron chi connectivity index (χ0n) is 14.8. The van der Waals surface area contributed by atoms with Gasteiger partial charge in [0, 0.05) is 18.2 Å². The third kappa shape index (κ3) is 4.31. The number of anilines is 1. The van der Waals surface area contributed by atoms with E-state index in [0.717, 1.165) is 12.1 Å². The molecule has 0 radical (unpaired) electrons. The number of nitrogens with one attached hydrogen (secondary N) is 2. The molecule has 1 fully saturated rings. The van der Waals surface area contributed by atoms with Gasteiger partial charge in [-0.2, -0.15) is 0 Å². The Labute approximate surface area is 185 Å². The Morgan fingerprint density at radius 3 is 2.41 bits per heavy atom. The Kier molecular flexibility index (Phi) is 6.30. The molecule has 0 aliphatic heterocycles. The topological polar surface area (TPSA) is 58.2 Å². The summed E-state index contributed by atoms with van der Waals surface area (Å²) in [4.78, 5) is 24.7. The average Bonchev–Trinajstić information content (AvgIpc) is 3.22. The third-order valence-electron chi connectivity index (χ3n) is 4.52. The van der Waals surface area contributed by atoms with Crippen LogP contribution in [0.5, 0.6) is 0 Å². The molecule has 0 spiro atoms. The van der Waals surface area contributed by atoms with Crippen LogP contribution in [0.2, 0.25) is 10.0 Å². The summed E-state index contributed by atoms with van der Waals surface area (Å²) >= 11 is 24.1. The molecule has 1 saturated carbocycles. The van der Waals surface area contributed by atoms with Crippen molar-refractivity contribution in [2.75, 3.05) is 11.9 Å². The van der Waals surface area contributed by atoms with Crippen molar-refractivity contribution in [3.8, 4) is 0 Å². The molecule has 29 heavy (non-hydrogen) atoms. The highest BCUT2D eigenvalue weighted by Gasteiger charge is 2.67. The minimum atomic E-state index is -1.45. The normalized spacial score (nSPS) is 19.6. The van der Waals surface area contributed by atoms with Crippen molar-refractivity contribution in [1.82, 2.24) is 5.32 Å². The van der Waals surface area contributed by atoms with Crippen LogP contribution in [0.3, 0.4) is 0 Å². The molecule has 0 saturated heterocycles. The highest BCUT2D eigenvalue weighted by Crippen LogP contribution is 2.65. The lowest BCUT2D eigenvalue weighted by atomic mass is 10.1. The van der Waals surface area contributed by atoms with Gasteiger partial charge >= 0.3 is 0 Å². The van der Waals surface area contributed by atoms with Crippen molar-refractivity contribution in [2.45, 2.75) is 17.2 Å². The smallest absolute Gasteiger partial charge is 0.252 e. The molecule has 3 rings (SSSR count). The quantitative estimate of drug-likeness (QED) is 0.550. The lowest BCUT2D eigenvalue weighted by molar-refractivity contribution is -0.117. The summed E-state index contributed by atoms with van der Waals surface area (Å²) in [6.45, 7) is 2.02. The summed E-state index contributed by atoms with van der Waals surface area (Å²) in [6.07, 6.45) is 0. The van der Waals surface area contributed by atoms with Gasteiger partial charge in [0.2, 0.25) is 5.91 Å². The van der Waals surface area contributed by atoms with E-state index in [1.54, 1.807) is 6.92 Å². The molecule has 0 aromatic heterocycles. The fourth-order valence-corrected chi connectivity index (χ4v) is 4.29. The van der Waals surface area contributed by atoms with Crippen LogP contribution in [-0.4, -0.2) is 22.7 Å². The predicted octanol–water partition coefficient (Wildman–Crippen LogP) is 5.55. The van der Waals surface area contributed by atoms with Crippen LogP contribution in [0.15, 0.2) is 30.3 Å². The van der Waals surface area contributed by atoms with Gasteiger partial charge in [0.05, 0.1) is 21.5 Å². The number of rotatable bonds is 5. The maximum Gasteiger partial charge on any atom is 0.252 e. The van der Waals surface area contributed by atoms with Crippen LogP contribution in [0, 0.1) is 17.6 Å². The maximum atomic E-state index is 14.1. The third-order valence-corrected chi connectivity index (χ3v) is 6.13. The van der Waals surface area contributed by atoms with Crippen molar-refractivity contribution in [1.29, 1.82) is 0 Å². The molecule has 1 aliphatic carbocycles. The number of carbonyl (C=O) groups is 2. The number of halogens is 6. The molecule has 0 bridgehead atoms. The first-order chi connectivity index (χ1) is 13.6. The Hall–Kier alpha value is -1.60. The van der Waals surface area contributed by atoms with Gasteiger partial charge in [0.15, 0.2) is 0 Å². The highest BCUT2D eigenvalue weighted by molar-refractivity contribution is 6.53. The highest BCUT2D eigenvalue weighted by atomic mass is 35.5. The summed E-state index contributed by atoms with van der Waals surface area (Å²) in [5.74, 6) is -4.18. The molecular formula is C19H14Cl4F2N2O2. The molecule has 2 amide bonds. The first-order valence-electron chi connectivity index (χ1n) is 8.48. The van der Waals surface area contributed by atoms with E-state index in [9.17, 15) is 18.4 Å². The minimum Gasteiger partial charge on any atom is -0.352 e. The Morgan fingerprint density at radius 2 is 1.79 bits per heavy atom. The molecule has 0 unspecified atom stereocenters. The van der Waals surface area contributed by atoms with Crippen molar-refractivity contribution in [3.63, 3.8) is 0 Å². The lowest BCUT2D eigenvalue weighted by Gasteiger charge is -2.10. The largest absolute Gasteiger partial charge is 0.352 e. The molecule has 1 aliphatic rings. The standard InChI is InChI=1S/C19H14Cl4F2N2O2/c1-2-26-17(28)10-6-9(7-13(25)16(10)21)27-18(29)15-14(19(15,22)23)8-3-4-12(24)11(20)5-8/h3-7,14-15H,2H2,1H3,(H,26,28)(H,27,29)/t14-,15+/m0/s1. The van der Waals surface area contributed by atoms with Crippen LogP contribution in [0.25, 0.3) is 0 Å². The summed E-state index contributed by atoms with van der Waals surface area (Å²) in [7, 11) is 0. The van der Waals surface area contributed by atoms with Crippen LogP contribution in [0.1, 0.15) is 28.8 Å². The fraction of sp³-hybridized carbons (Fsp3) is 0.263. The van der Waals surface area contributed by atoms with Crippen LogP contribution >= 0.6 is 46.4 Å². The lowest BCUT2D eigenvalue weighted by Crippen LogP contribution is -2.24. The second-order valence-electron chi connectivity index (χ2n) is 6.47. The molecule has 154 valence electrons. The number of hydrogen-bond acceptors (Lipinski definition) is 2. The van der Waals surface area contributed by atoms with E-state index in [1.165, 1.54) is 18.2 Å². The zero-order chi connectivity index (χ0) is 21.5. The van der Waals surface area contributed by atoms with Crippen LogP contribution < -0.4 is 10.6 Å². The van der Waals surface area contributed by atoms with Crippen molar-refractivity contribution < 1.29 is 18.4 Å². The zero-order valence-corrected chi connectivity index (χ0v) is 17.9. The fourth-order valence-electron chi connectivity index (χ4n) is 3.08. The summed E-state index contributed by atoms with van der Waals surface area (Å²) in [6, 6.07) is 6.18. The van der Waals surface area contributed by atoms with Crippen LogP contribution in [-0.2, 0) is 4.79 Å². The van der Waals surface area contributed by atoms with E-state index < -0.39 is 39.6 Å². The molecule has 10 heteroatoms. The predicted molar refractivity (Wildman–Crippen MR) is 110 cm³/mol. The number of hydrogen-bond donors (Lipinski definition) is 2. The van der Waals surface area contributed by atoms with Crippen molar-refractivity contribution in [2.24, 2.45) is 5.92 Å². The first-order valence-corrected chi connectivity index (χ1v) is 10.00. The van der Waals surface area contributed by atoms with Crippen molar-refractivity contribution in [3.05, 3.63) is 63.1 Å². The van der Waals surface area contributed by atoms with E-state index in [0.29, 0.717) is 12.1 Å². The first kappa shape index (κ1) is 22.1. The van der Waals surface area contributed by atoms with Gasteiger partial charge in [0.1, 0.15) is 16.0 Å². The van der Waals surface area contributed by atoms with E-state index in [1.807, 2.05) is 0 Å². The van der Waals surface area contributed by atoms with Gasteiger partial charge < -0.3 is 10.6 Å². The molecule has 2 aromatic rings. The number of alkyl halides is 2. The summed E-state index contributed by atoms with van der Waals surface area (Å²) < 4.78 is 26.1. The number of benzene rings is 2. The van der Waals surface area contributed by atoms with Gasteiger partial charge in [-0.3, -0.25) is 9.59 Å². The van der Waals surface area contributed by atoms with Gasteiger partial charge in [-0.1, -0.05) is 29.3 Å². The van der Waals surface area contributed by atoms with E-state index >= 15 is 0 Å². The van der Waals surface area contributed by atoms with E-state index in [2.05, 4.69) is 10.6 Å². The Balaban J connectivity index is 1.83. The van der Waals surface area contributed by atoms with Gasteiger partial charge in [-0.15, -0.1) is 23.2 Å². The van der Waals surface area contributed by atoms with Gasteiger partial charge in [-0.05, 0) is 36.8 Å².